The molecule has 2 heterocycles. The summed E-state index contributed by atoms with van der Waals surface area (Å²) in [7, 11) is 0. The standard InChI is InChI=1S/C18H15Cl3F3N5O/c1-9-15(21)16(18(22,23)24)28-29(9)6-2-5-25-17(30)14-8-13(26-27-14)11-4-3-10(19)7-12(11)20/h3-4,7-8H,2,5-6H2,1H3,(H,25,30)(H,26,27). The van der Waals surface area contributed by atoms with Crippen LogP contribution >= 0.6 is 34.8 Å². The number of alkyl halides is 3. The zero-order valence-electron chi connectivity index (χ0n) is 15.4. The third kappa shape index (κ3) is 4.91. The molecule has 0 unspecified atom stereocenters. The number of nitrogens with one attached hydrogen (secondary N) is 2. The number of carbonyl (C=O) groups excluding carboxylic acids is 1. The van der Waals surface area contributed by atoms with Crippen LogP contribution in [0.5, 0.6) is 0 Å². The Kier molecular flexibility index (Phi) is 6.64. The summed E-state index contributed by atoms with van der Waals surface area (Å²) < 4.78 is 39.7. The highest BCUT2D eigenvalue weighted by molar-refractivity contribution is 6.36. The van der Waals surface area contributed by atoms with E-state index in [1.807, 2.05) is 0 Å². The lowest BCUT2D eigenvalue weighted by Crippen LogP contribution is -2.25. The lowest BCUT2D eigenvalue weighted by atomic mass is 10.1. The lowest BCUT2D eigenvalue weighted by molar-refractivity contribution is -0.141. The molecule has 3 rings (SSSR count). The van der Waals surface area contributed by atoms with Gasteiger partial charge in [-0.1, -0.05) is 34.8 Å². The summed E-state index contributed by atoms with van der Waals surface area (Å²) in [5.74, 6) is -0.412. The van der Waals surface area contributed by atoms with Gasteiger partial charge in [0.1, 0.15) is 5.69 Å². The normalized spacial score (nSPS) is 11.7. The number of amides is 1. The highest BCUT2D eigenvalue weighted by Gasteiger charge is 2.38. The highest BCUT2D eigenvalue weighted by atomic mass is 35.5. The van der Waals surface area contributed by atoms with Gasteiger partial charge < -0.3 is 5.32 Å². The first-order valence-electron chi connectivity index (χ1n) is 8.67. The van der Waals surface area contributed by atoms with Crippen LogP contribution in [0.3, 0.4) is 0 Å². The van der Waals surface area contributed by atoms with Crippen LogP contribution < -0.4 is 5.32 Å². The molecule has 3 aromatic rings. The summed E-state index contributed by atoms with van der Waals surface area (Å²) >= 11 is 17.7. The number of hydrogen-bond donors (Lipinski definition) is 2. The molecule has 6 nitrogen and oxygen atoms in total. The van der Waals surface area contributed by atoms with Gasteiger partial charge in [-0.3, -0.25) is 14.6 Å². The van der Waals surface area contributed by atoms with Crippen LogP contribution in [-0.4, -0.2) is 32.4 Å². The van der Waals surface area contributed by atoms with E-state index in [-0.39, 0.29) is 24.5 Å². The van der Waals surface area contributed by atoms with Gasteiger partial charge in [-0.15, -0.1) is 0 Å². The molecule has 2 N–H and O–H groups in total. The fraction of sp³-hybridized carbons (Fsp3) is 0.278. The van der Waals surface area contributed by atoms with E-state index in [2.05, 4.69) is 20.6 Å². The topological polar surface area (TPSA) is 75.6 Å². The van der Waals surface area contributed by atoms with E-state index in [4.69, 9.17) is 34.8 Å². The van der Waals surface area contributed by atoms with E-state index in [1.165, 1.54) is 17.7 Å². The molecular formula is C18H15Cl3F3N5O. The van der Waals surface area contributed by atoms with E-state index in [0.29, 0.717) is 27.7 Å². The fourth-order valence-electron chi connectivity index (χ4n) is 2.72. The van der Waals surface area contributed by atoms with Gasteiger partial charge in [0.05, 0.1) is 21.4 Å². The average Bonchev–Trinajstić information content (AvgIpc) is 3.25. The van der Waals surface area contributed by atoms with Crippen LogP contribution in [0.25, 0.3) is 11.3 Å². The molecular weight excluding hydrogens is 466 g/mol. The molecule has 0 radical (unpaired) electrons. The smallest absolute Gasteiger partial charge is 0.351 e. The molecule has 160 valence electrons. The summed E-state index contributed by atoms with van der Waals surface area (Å²) in [6.07, 6.45) is -4.27. The van der Waals surface area contributed by atoms with Crippen molar-refractivity contribution in [2.45, 2.75) is 26.1 Å². The Morgan fingerprint density at radius 3 is 2.60 bits per heavy atom. The quantitative estimate of drug-likeness (QED) is 0.465. The van der Waals surface area contributed by atoms with Crippen molar-refractivity contribution in [3.05, 3.63) is 56.4 Å². The minimum atomic E-state index is -4.62. The fourth-order valence-corrected chi connectivity index (χ4v) is 3.47. The molecule has 0 bridgehead atoms. The van der Waals surface area contributed by atoms with Crippen molar-refractivity contribution in [1.29, 1.82) is 0 Å². The zero-order chi connectivity index (χ0) is 22.1. The Balaban J connectivity index is 1.57. The van der Waals surface area contributed by atoms with Gasteiger partial charge in [0.25, 0.3) is 5.91 Å². The molecule has 1 amide bonds. The number of carbonyl (C=O) groups is 1. The number of halogens is 6. The maximum absolute atomic E-state index is 12.9. The number of aromatic amines is 1. The van der Waals surface area contributed by atoms with Crippen LogP contribution in [0.1, 0.15) is 28.3 Å². The second-order valence-corrected chi connectivity index (χ2v) is 7.59. The Morgan fingerprint density at radius 2 is 1.97 bits per heavy atom. The molecule has 0 spiro atoms. The van der Waals surface area contributed by atoms with Crippen molar-refractivity contribution in [2.24, 2.45) is 0 Å². The van der Waals surface area contributed by atoms with Crippen molar-refractivity contribution < 1.29 is 18.0 Å². The minimum absolute atomic E-state index is 0.163. The Morgan fingerprint density at radius 1 is 1.23 bits per heavy atom. The largest absolute Gasteiger partial charge is 0.436 e. The van der Waals surface area contributed by atoms with E-state index in [9.17, 15) is 18.0 Å². The van der Waals surface area contributed by atoms with Crippen molar-refractivity contribution in [3.8, 4) is 11.3 Å². The number of aryl methyl sites for hydroxylation is 1. The van der Waals surface area contributed by atoms with Crippen molar-refractivity contribution in [1.82, 2.24) is 25.3 Å². The molecule has 0 saturated carbocycles. The van der Waals surface area contributed by atoms with Crippen LogP contribution in [0.2, 0.25) is 15.1 Å². The van der Waals surface area contributed by atoms with Crippen molar-refractivity contribution in [3.63, 3.8) is 0 Å². The SMILES string of the molecule is Cc1c(Cl)c(C(F)(F)F)nn1CCCNC(=O)c1cc(-c2ccc(Cl)cc2Cl)n[nH]1. The lowest BCUT2D eigenvalue weighted by Gasteiger charge is -2.06. The molecule has 0 fully saturated rings. The van der Waals surface area contributed by atoms with Gasteiger partial charge in [0.15, 0.2) is 5.69 Å². The first kappa shape index (κ1) is 22.5. The average molecular weight is 481 g/mol. The van der Waals surface area contributed by atoms with E-state index >= 15 is 0 Å². The Hall–Kier alpha value is -2.23. The number of aromatic nitrogens is 4. The number of hydrogen-bond acceptors (Lipinski definition) is 3. The number of H-pyrrole nitrogens is 1. The third-order valence-corrected chi connectivity index (χ3v) is 5.26. The summed E-state index contributed by atoms with van der Waals surface area (Å²) in [6.45, 7) is 1.83. The van der Waals surface area contributed by atoms with Gasteiger partial charge in [-0.25, -0.2) is 0 Å². The highest BCUT2D eigenvalue weighted by Crippen LogP contribution is 2.35. The van der Waals surface area contributed by atoms with E-state index in [1.54, 1.807) is 18.2 Å². The van der Waals surface area contributed by atoms with Crippen molar-refractivity contribution >= 4 is 40.7 Å². The Labute approximate surface area is 184 Å². The maximum atomic E-state index is 12.9. The molecule has 0 saturated heterocycles. The number of benzene rings is 1. The van der Waals surface area contributed by atoms with Gasteiger partial charge in [-0.05, 0) is 37.6 Å². The molecule has 0 atom stereocenters. The van der Waals surface area contributed by atoms with Crippen LogP contribution in [0, 0.1) is 6.92 Å². The second kappa shape index (κ2) is 8.87. The molecule has 2 aromatic heterocycles. The molecule has 0 aliphatic rings. The summed E-state index contributed by atoms with van der Waals surface area (Å²) in [6, 6.07) is 6.46. The van der Waals surface area contributed by atoms with Crippen LogP contribution in [0.4, 0.5) is 13.2 Å². The zero-order valence-corrected chi connectivity index (χ0v) is 17.7. The first-order chi connectivity index (χ1) is 14.1. The molecule has 30 heavy (non-hydrogen) atoms. The molecule has 0 aliphatic heterocycles. The van der Waals surface area contributed by atoms with Crippen molar-refractivity contribution in [2.75, 3.05) is 6.54 Å². The maximum Gasteiger partial charge on any atom is 0.436 e. The van der Waals surface area contributed by atoms with Gasteiger partial charge in [0, 0.05) is 23.7 Å². The monoisotopic (exact) mass is 479 g/mol. The van der Waals surface area contributed by atoms with Gasteiger partial charge >= 0.3 is 6.18 Å². The third-order valence-electron chi connectivity index (χ3n) is 4.26. The van der Waals surface area contributed by atoms with E-state index < -0.39 is 22.8 Å². The predicted octanol–water partition coefficient (Wildman–Crippen LogP) is 5.38. The number of rotatable bonds is 6. The number of nitrogens with zero attached hydrogens (tertiary/aromatic N) is 3. The summed E-state index contributed by atoms with van der Waals surface area (Å²) in [5.41, 5.74) is 0.407. The van der Waals surface area contributed by atoms with Gasteiger partial charge in [-0.2, -0.15) is 23.4 Å². The first-order valence-corrected chi connectivity index (χ1v) is 9.80. The minimum Gasteiger partial charge on any atom is -0.351 e. The Bertz CT molecular complexity index is 1080. The summed E-state index contributed by atoms with van der Waals surface area (Å²) in [5, 5.41) is 13.3. The van der Waals surface area contributed by atoms with Crippen LogP contribution in [-0.2, 0) is 12.7 Å². The van der Waals surface area contributed by atoms with Gasteiger partial charge in [0.2, 0.25) is 0 Å². The molecule has 1 aromatic carbocycles. The summed E-state index contributed by atoms with van der Waals surface area (Å²) in [4.78, 5) is 12.3. The van der Waals surface area contributed by atoms with E-state index in [0.717, 1.165) is 0 Å². The second-order valence-electron chi connectivity index (χ2n) is 6.37. The molecule has 12 heteroatoms. The molecule has 0 aliphatic carbocycles. The van der Waals surface area contributed by atoms with Crippen LogP contribution in [0.15, 0.2) is 24.3 Å². The predicted molar refractivity (Wildman–Crippen MR) is 108 cm³/mol.